The summed E-state index contributed by atoms with van der Waals surface area (Å²) >= 11 is 0. The van der Waals surface area contributed by atoms with Gasteiger partial charge in [-0.2, -0.15) is 0 Å². The Morgan fingerprint density at radius 2 is 2.29 bits per heavy atom. The molecular weight excluding hydrogens is 212 g/mol. The molecule has 0 aromatic carbocycles. The average Bonchev–Trinajstić information content (AvgIpc) is 2.84. The molecule has 1 N–H and O–H groups in total. The highest BCUT2D eigenvalue weighted by atomic mass is 15.1. The first-order valence-electron chi connectivity index (χ1n) is 5.94. The van der Waals surface area contributed by atoms with Gasteiger partial charge < -0.3 is 9.88 Å². The molecule has 0 aliphatic heterocycles. The Morgan fingerprint density at radius 3 is 3.00 bits per heavy atom. The van der Waals surface area contributed by atoms with Crippen molar-refractivity contribution in [2.45, 2.75) is 33.0 Å². The molecule has 0 amide bonds. The minimum absolute atomic E-state index is 0.283. The summed E-state index contributed by atoms with van der Waals surface area (Å²) < 4.78 is 2.14. The SMILES string of the molecule is CCn1ccnc1CN[C@H](C)c1cccnc1. The van der Waals surface area contributed by atoms with E-state index in [1.165, 1.54) is 5.56 Å². The second-order valence-corrected chi connectivity index (χ2v) is 4.02. The highest BCUT2D eigenvalue weighted by molar-refractivity contribution is 5.12. The van der Waals surface area contributed by atoms with E-state index < -0.39 is 0 Å². The Bertz CT molecular complexity index is 449. The van der Waals surface area contributed by atoms with Crippen LogP contribution in [0.1, 0.15) is 31.3 Å². The van der Waals surface area contributed by atoms with E-state index in [2.05, 4.69) is 39.8 Å². The summed E-state index contributed by atoms with van der Waals surface area (Å²) in [5.41, 5.74) is 1.20. The third-order valence-electron chi connectivity index (χ3n) is 2.89. The normalized spacial score (nSPS) is 12.6. The molecule has 0 fully saturated rings. The summed E-state index contributed by atoms with van der Waals surface area (Å²) in [7, 11) is 0. The second kappa shape index (κ2) is 5.59. The van der Waals surface area contributed by atoms with Gasteiger partial charge >= 0.3 is 0 Å². The van der Waals surface area contributed by atoms with Crippen LogP contribution in [0.3, 0.4) is 0 Å². The molecule has 1 atom stereocenters. The molecule has 0 aliphatic rings. The van der Waals surface area contributed by atoms with Gasteiger partial charge in [-0.3, -0.25) is 4.98 Å². The molecule has 0 bridgehead atoms. The lowest BCUT2D eigenvalue weighted by molar-refractivity contribution is 0.539. The van der Waals surface area contributed by atoms with E-state index in [9.17, 15) is 0 Å². The van der Waals surface area contributed by atoms with Crippen molar-refractivity contribution in [1.29, 1.82) is 0 Å². The first-order chi connectivity index (χ1) is 8.31. The number of aromatic nitrogens is 3. The molecule has 0 radical (unpaired) electrons. The van der Waals surface area contributed by atoms with Crippen LogP contribution in [0.5, 0.6) is 0 Å². The van der Waals surface area contributed by atoms with Crippen molar-refractivity contribution in [1.82, 2.24) is 19.9 Å². The van der Waals surface area contributed by atoms with E-state index in [1.54, 1.807) is 6.20 Å². The molecule has 0 saturated carbocycles. The summed E-state index contributed by atoms with van der Waals surface area (Å²) in [5, 5.41) is 3.45. The summed E-state index contributed by atoms with van der Waals surface area (Å²) in [6.45, 7) is 5.99. The Labute approximate surface area is 102 Å². The van der Waals surface area contributed by atoms with Gasteiger partial charge in [0.25, 0.3) is 0 Å². The molecular formula is C13H18N4. The van der Waals surface area contributed by atoms with Crippen molar-refractivity contribution in [2.24, 2.45) is 0 Å². The number of imidazole rings is 1. The van der Waals surface area contributed by atoms with E-state index in [0.717, 1.165) is 18.9 Å². The molecule has 0 aliphatic carbocycles. The van der Waals surface area contributed by atoms with Gasteiger partial charge in [0, 0.05) is 37.4 Å². The molecule has 4 nitrogen and oxygen atoms in total. The lowest BCUT2D eigenvalue weighted by atomic mass is 10.1. The Balaban J connectivity index is 1.95. The lowest BCUT2D eigenvalue weighted by Gasteiger charge is -2.14. The van der Waals surface area contributed by atoms with Crippen LogP contribution in [0.25, 0.3) is 0 Å². The highest BCUT2D eigenvalue weighted by Crippen LogP contribution is 2.10. The van der Waals surface area contributed by atoms with Crippen LogP contribution in [0.2, 0.25) is 0 Å². The van der Waals surface area contributed by atoms with Crippen molar-refractivity contribution < 1.29 is 0 Å². The molecule has 4 heteroatoms. The zero-order chi connectivity index (χ0) is 12.1. The largest absolute Gasteiger partial charge is 0.334 e. The third-order valence-corrected chi connectivity index (χ3v) is 2.89. The quantitative estimate of drug-likeness (QED) is 0.855. The second-order valence-electron chi connectivity index (χ2n) is 4.02. The fraction of sp³-hybridized carbons (Fsp3) is 0.385. The van der Waals surface area contributed by atoms with Gasteiger partial charge in [-0.05, 0) is 25.5 Å². The van der Waals surface area contributed by atoms with Crippen molar-refractivity contribution >= 4 is 0 Å². The van der Waals surface area contributed by atoms with Crippen molar-refractivity contribution in [3.63, 3.8) is 0 Å². The number of pyridine rings is 1. The van der Waals surface area contributed by atoms with Gasteiger partial charge in [0.1, 0.15) is 5.82 Å². The standard InChI is InChI=1S/C13H18N4/c1-3-17-8-7-15-13(17)10-16-11(2)12-5-4-6-14-9-12/h4-9,11,16H,3,10H2,1-2H3/t11-/m1/s1. The maximum atomic E-state index is 4.34. The smallest absolute Gasteiger partial charge is 0.122 e. The zero-order valence-corrected chi connectivity index (χ0v) is 10.3. The maximum absolute atomic E-state index is 4.34. The summed E-state index contributed by atoms with van der Waals surface area (Å²) in [6, 6.07) is 4.32. The monoisotopic (exact) mass is 230 g/mol. The average molecular weight is 230 g/mol. The number of rotatable bonds is 5. The van der Waals surface area contributed by atoms with E-state index >= 15 is 0 Å². The minimum Gasteiger partial charge on any atom is -0.334 e. The number of nitrogens with zero attached hydrogens (tertiary/aromatic N) is 3. The lowest BCUT2D eigenvalue weighted by Crippen LogP contribution is -2.20. The Kier molecular flexibility index (Phi) is 3.88. The predicted molar refractivity (Wildman–Crippen MR) is 67.4 cm³/mol. The Morgan fingerprint density at radius 1 is 1.41 bits per heavy atom. The van der Waals surface area contributed by atoms with E-state index in [4.69, 9.17) is 0 Å². The van der Waals surface area contributed by atoms with E-state index in [-0.39, 0.29) is 6.04 Å². The first-order valence-corrected chi connectivity index (χ1v) is 5.94. The van der Waals surface area contributed by atoms with Crippen LogP contribution >= 0.6 is 0 Å². The van der Waals surface area contributed by atoms with Crippen LogP contribution in [0, 0.1) is 0 Å². The molecule has 17 heavy (non-hydrogen) atoms. The molecule has 2 heterocycles. The van der Waals surface area contributed by atoms with Crippen molar-refractivity contribution in [2.75, 3.05) is 0 Å². The van der Waals surface area contributed by atoms with Crippen molar-refractivity contribution in [3.8, 4) is 0 Å². The fourth-order valence-electron chi connectivity index (χ4n) is 1.79. The van der Waals surface area contributed by atoms with Crippen LogP contribution in [-0.4, -0.2) is 14.5 Å². The van der Waals surface area contributed by atoms with Crippen LogP contribution in [-0.2, 0) is 13.1 Å². The fourth-order valence-corrected chi connectivity index (χ4v) is 1.79. The topological polar surface area (TPSA) is 42.7 Å². The molecule has 2 rings (SSSR count). The summed E-state index contributed by atoms with van der Waals surface area (Å²) in [5.74, 6) is 1.07. The third kappa shape index (κ3) is 2.91. The predicted octanol–water partition coefficient (Wildman–Crippen LogP) is 2.15. The van der Waals surface area contributed by atoms with Gasteiger partial charge in [-0.15, -0.1) is 0 Å². The van der Waals surface area contributed by atoms with Gasteiger partial charge in [0.2, 0.25) is 0 Å². The molecule has 0 unspecified atom stereocenters. The molecule has 0 saturated heterocycles. The maximum Gasteiger partial charge on any atom is 0.122 e. The first kappa shape index (κ1) is 11.8. The molecule has 0 spiro atoms. The van der Waals surface area contributed by atoms with Gasteiger partial charge in [0.05, 0.1) is 6.54 Å². The van der Waals surface area contributed by atoms with Gasteiger partial charge in [-0.25, -0.2) is 4.98 Å². The number of hydrogen-bond donors (Lipinski definition) is 1. The molecule has 90 valence electrons. The van der Waals surface area contributed by atoms with Gasteiger partial charge in [0.15, 0.2) is 0 Å². The van der Waals surface area contributed by atoms with Gasteiger partial charge in [-0.1, -0.05) is 6.07 Å². The Hall–Kier alpha value is -1.68. The zero-order valence-electron chi connectivity index (χ0n) is 10.3. The highest BCUT2D eigenvalue weighted by Gasteiger charge is 2.06. The van der Waals surface area contributed by atoms with Crippen molar-refractivity contribution in [3.05, 3.63) is 48.3 Å². The number of hydrogen-bond acceptors (Lipinski definition) is 3. The molecule has 2 aromatic heterocycles. The van der Waals surface area contributed by atoms with Crippen LogP contribution in [0.15, 0.2) is 36.9 Å². The van der Waals surface area contributed by atoms with Crippen LogP contribution < -0.4 is 5.32 Å². The van der Waals surface area contributed by atoms with E-state index in [1.807, 2.05) is 24.7 Å². The number of nitrogens with one attached hydrogen (secondary N) is 1. The number of aryl methyl sites for hydroxylation is 1. The minimum atomic E-state index is 0.283. The summed E-state index contributed by atoms with van der Waals surface area (Å²) in [6.07, 6.45) is 7.53. The summed E-state index contributed by atoms with van der Waals surface area (Å²) in [4.78, 5) is 8.46. The molecule has 2 aromatic rings. The van der Waals surface area contributed by atoms with E-state index in [0.29, 0.717) is 0 Å². The van der Waals surface area contributed by atoms with Crippen LogP contribution in [0.4, 0.5) is 0 Å².